The Kier molecular flexibility index (Phi) is 5.58. The maximum Gasteiger partial charge on any atom is 0.407 e. The Morgan fingerprint density at radius 3 is 2.43 bits per heavy atom. The van der Waals surface area contributed by atoms with Gasteiger partial charge in [-0.05, 0) is 45.4 Å². The molecule has 0 aliphatic rings. The Hall–Kier alpha value is -2.24. The number of rotatable bonds is 4. The highest BCUT2D eigenvalue weighted by molar-refractivity contribution is 5.96. The fourth-order valence-corrected chi connectivity index (χ4v) is 1.65. The molecular formula is C15H23N3O3. The molecule has 0 heterocycles. The van der Waals surface area contributed by atoms with Crippen LogP contribution in [0.1, 0.15) is 36.7 Å². The minimum atomic E-state index is -0.536. The van der Waals surface area contributed by atoms with Gasteiger partial charge in [-0.2, -0.15) is 0 Å². The number of carbonyl (C=O) groups is 2. The van der Waals surface area contributed by atoms with Gasteiger partial charge in [0.1, 0.15) is 5.60 Å². The topological polar surface area (TPSA) is 93.5 Å². The average molecular weight is 293 g/mol. The Morgan fingerprint density at radius 2 is 1.81 bits per heavy atom. The number of nitrogen functional groups attached to an aromatic ring is 1. The molecule has 0 radical (unpaired) electrons. The van der Waals surface area contributed by atoms with Gasteiger partial charge in [0.05, 0.1) is 0 Å². The van der Waals surface area contributed by atoms with Crippen LogP contribution in [0.4, 0.5) is 10.5 Å². The van der Waals surface area contributed by atoms with Gasteiger partial charge in [-0.15, -0.1) is 0 Å². The number of alkyl carbamates (subject to hydrolysis) is 1. The Labute approximate surface area is 125 Å². The van der Waals surface area contributed by atoms with Crippen molar-refractivity contribution in [2.24, 2.45) is 0 Å². The van der Waals surface area contributed by atoms with E-state index in [1.165, 1.54) is 0 Å². The number of anilines is 1. The number of benzene rings is 1. The van der Waals surface area contributed by atoms with Crippen molar-refractivity contribution in [2.75, 3.05) is 18.8 Å². The van der Waals surface area contributed by atoms with Gasteiger partial charge in [-0.3, -0.25) is 4.79 Å². The molecule has 4 N–H and O–H groups in total. The number of nitrogens with one attached hydrogen (secondary N) is 2. The van der Waals surface area contributed by atoms with Crippen LogP contribution in [-0.2, 0) is 4.74 Å². The number of hydrogen-bond donors (Lipinski definition) is 3. The minimum absolute atomic E-state index is 0.217. The lowest BCUT2D eigenvalue weighted by molar-refractivity contribution is 0.0526. The van der Waals surface area contributed by atoms with E-state index in [-0.39, 0.29) is 5.91 Å². The molecule has 1 rings (SSSR count). The first-order chi connectivity index (χ1) is 9.70. The molecule has 1 aromatic rings. The van der Waals surface area contributed by atoms with Crippen LogP contribution in [0, 0.1) is 6.92 Å². The van der Waals surface area contributed by atoms with Gasteiger partial charge >= 0.3 is 6.09 Å². The van der Waals surface area contributed by atoms with Crippen molar-refractivity contribution < 1.29 is 14.3 Å². The molecule has 0 unspecified atom stereocenters. The highest BCUT2D eigenvalue weighted by Crippen LogP contribution is 2.15. The van der Waals surface area contributed by atoms with Gasteiger partial charge in [0.15, 0.2) is 0 Å². The van der Waals surface area contributed by atoms with Crippen molar-refractivity contribution in [3.63, 3.8) is 0 Å². The van der Waals surface area contributed by atoms with Gasteiger partial charge < -0.3 is 21.1 Å². The van der Waals surface area contributed by atoms with Crippen molar-refractivity contribution in [1.82, 2.24) is 10.6 Å². The summed E-state index contributed by atoms with van der Waals surface area (Å²) in [4.78, 5) is 23.4. The Balaban J connectivity index is 2.38. The van der Waals surface area contributed by atoms with Crippen LogP contribution in [0.5, 0.6) is 0 Å². The first-order valence-corrected chi connectivity index (χ1v) is 6.81. The summed E-state index contributed by atoms with van der Waals surface area (Å²) >= 11 is 0. The van der Waals surface area contributed by atoms with E-state index >= 15 is 0 Å². The predicted molar refractivity (Wildman–Crippen MR) is 82.2 cm³/mol. The molecule has 1 aromatic carbocycles. The van der Waals surface area contributed by atoms with E-state index in [0.29, 0.717) is 24.3 Å². The molecule has 2 amide bonds. The molecule has 0 aromatic heterocycles. The molecule has 0 saturated heterocycles. The zero-order chi connectivity index (χ0) is 16.0. The van der Waals surface area contributed by atoms with Crippen LogP contribution in [0.15, 0.2) is 18.2 Å². The second-order valence-electron chi connectivity index (χ2n) is 5.70. The summed E-state index contributed by atoms with van der Waals surface area (Å²) in [5.41, 5.74) is 7.08. The number of hydrogen-bond acceptors (Lipinski definition) is 4. The van der Waals surface area contributed by atoms with E-state index in [9.17, 15) is 9.59 Å². The monoisotopic (exact) mass is 293 g/mol. The smallest absolute Gasteiger partial charge is 0.407 e. The minimum Gasteiger partial charge on any atom is -0.444 e. The first kappa shape index (κ1) is 16.8. The third-order valence-corrected chi connectivity index (χ3v) is 2.70. The summed E-state index contributed by atoms with van der Waals surface area (Å²) in [5, 5.41) is 5.29. The molecule has 0 aliphatic carbocycles. The highest BCUT2D eigenvalue weighted by Gasteiger charge is 2.15. The molecule has 116 valence electrons. The van der Waals surface area contributed by atoms with Gasteiger partial charge in [0, 0.05) is 24.3 Å². The van der Waals surface area contributed by atoms with Crippen LogP contribution in [-0.4, -0.2) is 30.7 Å². The number of nitrogens with two attached hydrogens (primary N) is 1. The molecule has 0 bridgehead atoms. The summed E-state index contributed by atoms with van der Waals surface area (Å²) < 4.78 is 5.08. The lowest BCUT2D eigenvalue weighted by atomic mass is 10.1. The number of ether oxygens (including phenoxy) is 1. The zero-order valence-electron chi connectivity index (χ0n) is 12.9. The summed E-state index contributed by atoms with van der Waals surface area (Å²) in [7, 11) is 0. The maximum absolute atomic E-state index is 12.0. The van der Waals surface area contributed by atoms with E-state index in [0.717, 1.165) is 5.56 Å². The molecule has 6 heteroatoms. The van der Waals surface area contributed by atoms with Crippen LogP contribution in [0.25, 0.3) is 0 Å². The molecule has 0 spiro atoms. The van der Waals surface area contributed by atoms with Gasteiger partial charge in [-0.25, -0.2) is 4.79 Å². The lowest BCUT2D eigenvalue weighted by Crippen LogP contribution is -2.38. The van der Waals surface area contributed by atoms with E-state index in [2.05, 4.69) is 10.6 Å². The lowest BCUT2D eigenvalue weighted by Gasteiger charge is -2.19. The van der Waals surface area contributed by atoms with Crippen LogP contribution in [0.2, 0.25) is 0 Å². The second kappa shape index (κ2) is 6.97. The van der Waals surface area contributed by atoms with Gasteiger partial charge in [-0.1, -0.05) is 6.07 Å². The third kappa shape index (κ3) is 5.72. The standard InChI is InChI=1S/C15H23N3O3/c1-10-11(6-5-7-12(10)16)13(19)17-8-9-18-14(20)21-15(2,3)4/h5-7H,8-9,16H2,1-4H3,(H,17,19)(H,18,20). The summed E-state index contributed by atoms with van der Waals surface area (Å²) in [5.74, 6) is -0.217. The normalized spacial score (nSPS) is 10.9. The first-order valence-electron chi connectivity index (χ1n) is 6.81. The van der Waals surface area contributed by atoms with Crippen LogP contribution in [0.3, 0.4) is 0 Å². The highest BCUT2D eigenvalue weighted by atomic mass is 16.6. The van der Waals surface area contributed by atoms with E-state index < -0.39 is 11.7 Å². The fraction of sp³-hybridized carbons (Fsp3) is 0.467. The number of carbonyl (C=O) groups excluding carboxylic acids is 2. The van der Waals surface area contributed by atoms with Gasteiger partial charge in [0.2, 0.25) is 0 Å². The molecular weight excluding hydrogens is 270 g/mol. The molecule has 0 atom stereocenters. The van der Waals surface area contributed by atoms with Crippen LogP contribution < -0.4 is 16.4 Å². The molecule has 0 saturated carbocycles. The van der Waals surface area contributed by atoms with Crippen molar-refractivity contribution in [3.8, 4) is 0 Å². The predicted octanol–water partition coefficient (Wildman–Crippen LogP) is 1.83. The largest absolute Gasteiger partial charge is 0.444 e. The van der Waals surface area contributed by atoms with E-state index in [1.807, 2.05) is 0 Å². The van der Waals surface area contributed by atoms with E-state index in [4.69, 9.17) is 10.5 Å². The summed E-state index contributed by atoms with van der Waals surface area (Å²) in [6, 6.07) is 5.19. The molecule has 6 nitrogen and oxygen atoms in total. The Morgan fingerprint density at radius 1 is 1.19 bits per heavy atom. The fourth-order valence-electron chi connectivity index (χ4n) is 1.65. The summed E-state index contributed by atoms with van der Waals surface area (Å²) in [6.07, 6.45) is -0.503. The maximum atomic E-state index is 12.0. The third-order valence-electron chi connectivity index (χ3n) is 2.70. The van der Waals surface area contributed by atoms with Gasteiger partial charge in [0.25, 0.3) is 5.91 Å². The molecule has 21 heavy (non-hydrogen) atoms. The van der Waals surface area contributed by atoms with E-state index in [1.54, 1.807) is 45.9 Å². The summed E-state index contributed by atoms with van der Waals surface area (Å²) in [6.45, 7) is 7.77. The molecule has 0 aliphatic heterocycles. The van der Waals surface area contributed by atoms with Crippen molar-refractivity contribution >= 4 is 17.7 Å². The Bertz CT molecular complexity index is 521. The quantitative estimate of drug-likeness (QED) is 0.583. The van der Waals surface area contributed by atoms with Crippen molar-refractivity contribution in [1.29, 1.82) is 0 Å². The second-order valence-corrected chi connectivity index (χ2v) is 5.70. The molecule has 0 fully saturated rings. The zero-order valence-corrected chi connectivity index (χ0v) is 12.9. The van der Waals surface area contributed by atoms with Crippen molar-refractivity contribution in [2.45, 2.75) is 33.3 Å². The SMILES string of the molecule is Cc1c(N)cccc1C(=O)NCCNC(=O)OC(C)(C)C. The number of amides is 2. The average Bonchev–Trinajstić information content (AvgIpc) is 2.35. The van der Waals surface area contributed by atoms with Crippen LogP contribution >= 0.6 is 0 Å². The van der Waals surface area contributed by atoms with Crippen molar-refractivity contribution in [3.05, 3.63) is 29.3 Å².